The van der Waals surface area contributed by atoms with E-state index in [1.807, 2.05) is 30.0 Å². The summed E-state index contributed by atoms with van der Waals surface area (Å²) in [6.07, 6.45) is 2.31. The van der Waals surface area contributed by atoms with E-state index >= 15 is 0 Å². The Morgan fingerprint density at radius 2 is 1.75 bits per heavy atom. The molecule has 0 heterocycles. The first-order valence-corrected chi connectivity index (χ1v) is 8.77. The van der Waals surface area contributed by atoms with Gasteiger partial charge in [-0.3, -0.25) is 0 Å². The Morgan fingerprint density at radius 1 is 1.08 bits per heavy atom. The van der Waals surface area contributed by atoms with Crippen LogP contribution < -0.4 is 5.32 Å². The van der Waals surface area contributed by atoms with Crippen molar-refractivity contribution in [3.8, 4) is 0 Å². The Balaban J connectivity index is 1.59. The fraction of sp³-hybridized carbons (Fsp3) is 0.381. The van der Waals surface area contributed by atoms with Gasteiger partial charge in [0.05, 0.1) is 0 Å². The first-order chi connectivity index (χ1) is 11.6. The number of carbonyl (C=O) groups excluding carboxylic acids is 1. The van der Waals surface area contributed by atoms with Crippen LogP contribution in [0.2, 0.25) is 0 Å². The van der Waals surface area contributed by atoms with Gasteiger partial charge in [0.15, 0.2) is 0 Å². The van der Waals surface area contributed by atoms with Crippen LogP contribution in [0.5, 0.6) is 0 Å². The van der Waals surface area contributed by atoms with Gasteiger partial charge in [0.2, 0.25) is 0 Å². The lowest BCUT2D eigenvalue weighted by molar-refractivity contribution is 0.197. The van der Waals surface area contributed by atoms with Gasteiger partial charge in [0.1, 0.15) is 0 Å². The van der Waals surface area contributed by atoms with Crippen LogP contribution in [0.1, 0.15) is 36.5 Å². The van der Waals surface area contributed by atoms with Crippen molar-refractivity contribution in [3.63, 3.8) is 0 Å². The molecule has 0 spiro atoms. The molecule has 2 aromatic rings. The maximum Gasteiger partial charge on any atom is 0.317 e. The van der Waals surface area contributed by atoms with Gasteiger partial charge in [-0.1, -0.05) is 60.2 Å². The summed E-state index contributed by atoms with van der Waals surface area (Å²) in [5.74, 6) is 0. The first kappa shape index (κ1) is 16.6. The van der Waals surface area contributed by atoms with Crippen molar-refractivity contribution >= 4 is 6.03 Å². The van der Waals surface area contributed by atoms with Gasteiger partial charge in [0.25, 0.3) is 0 Å². The lowest BCUT2D eigenvalue weighted by Crippen LogP contribution is -2.42. The second-order valence-electron chi connectivity index (χ2n) is 6.80. The van der Waals surface area contributed by atoms with Crippen molar-refractivity contribution in [1.29, 1.82) is 0 Å². The van der Waals surface area contributed by atoms with Gasteiger partial charge < -0.3 is 10.2 Å². The zero-order chi connectivity index (χ0) is 17.0. The molecule has 3 heteroatoms. The monoisotopic (exact) mass is 322 g/mol. The minimum Gasteiger partial charge on any atom is -0.337 e. The largest absolute Gasteiger partial charge is 0.337 e. The SMILES string of the molecule is CCN(Cc1ccccc1)C(=O)NCC1(c2ccc(C)cc2)CC1. The highest BCUT2D eigenvalue weighted by Gasteiger charge is 2.44. The van der Waals surface area contributed by atoms with E-state index in [1.165, 1.54) is 11.1 Å². The standard InChI is InChI=1S/C21H26N2O/c1-3-23(15-18-7-5-4-6-8-18)20(24)22-16-21(13-14-21)19-11-9-17(2)10-12-19/h4-12H,3,13-16H2,1-2H3,(H,22,24). The zero-order valence-corrected chi connectivity index (χ0v) is 14.6. The van der Waals surface area contributed by atoms with Gasteiger partial charge >= 0.3 is 6.03 Å². The fourth-order valence-corrected chi connectivity index (χ4v) is 3.11. The molecule has 0 aromatic heterocycles. The maximum atomic E-state index is 12.6. The predicted molar refractivity (Wildman–Crippen MR) is 98.0 cm³/mol. The van der Waals surface area contributed by atoms with Crippen LogP contribution in [0.4, 0.5) is 4.79 Å². The van der Waals surface area contributed by atoms with E-state index in [9.17, 15) is 4.79 Å². The van der Waals surface area contributed by atoms with Gasteiger partial charge in [-0.15, -0.1) is 0 Å². The third-order valence-electron chi connectivity index (χ3n) is 4.98. The van der Waals surface area contributed by atoms with Crippen molar-refractivity contribution in [2.24, 2.45) is 0 Å². The Hall–Kier alpha value is -2.29. The molecule has 1 saturated carbocycles. The van der Waals surface area contributed by atoms with E-state index in [0.717, 1.165) is 24.9 Å². The Bertz CT molecular complexity index is 675. The van der Waals surface area contributed by atoms with E-state index < -0.39 is 0 Å². The molecule has 0 bridgehead atoms. The summed E-state index contributed by atoms with van der Waals surface area (Å²) in [6.45, 7) is 6.21. The zero-order valence-electron chi connectivity index (χ0n) is 14.6. The molecule has 3 rings (SSSR count). The molecule has 0 saturated heterocycles. The minimum atomic E-state index is 0.0275. The predicted octanol–water partition coefficient (Wildman–Crippen LogP) is 4.26. The van der Waals surface area contributed by atoms with Gasteiger partial charge in [-0.05, 0) is 37.8 Å². The van der Waals surface area contributed by atoms with Crippen molar-refractivity contribution in [3.05, 3.63) is 71.3 Å². The molecule has 1 aliphatic rings. The number of urea groups is 1. The van der Waals surface area contributed by atoms with Crippen LogP contribution in [-0.2, 0) is 12.0 Å². The molecule has 0 unspecified atom stereocenters. The van der Waals surface area contributed by atoms with Gasteiger partial charge in [-0.25, -0.2) is 4.79 Å². The number of nitrogens with zero attached hydrogens (tertiary/aromatic N) is 1. The number of amides is 2. The van der Waals surface area contributed by atoms with Gasteiger partial charge in [0, 0.05) is 25.0 Å². The van der Waals surface area contributed by atoms with Crippen LogP contribution in [-0.4, -0.2) is 24.0 Å². The lowest BCUT2D eigenvalue weighted by Gasteiger charge is -2.24. The molecule has 1 fully saturated rings. The number of hydrogen-bond acceptors (Lipinski definition) is 1. The van der Waals surface area contributed by atoms with E-state index in [1.54, 1.807) is 0 Å². The smallest absolute Gasteiger partial charge is 0.317 e. The fourth-order valence-electron chi connectivity index (χ4n) is 3.11. The molecule has 3 nitrogen and oxygen atoms in total. The van der Waals surface area contributed by atoms with Crippen LogP contribution in [0.15, 0.2) is 54.6 Å². The van der Waals surface area contributed by atoms with Gasteiger partial charge in [-0.2, -0.15) is 0 Å². The quantitative estimate of drug-likeness (QED) is 0.847. The van der Waals surface area contributed by atoms with E-state index in [4.69, 9.17) is 0 Å². The number of hydrogen-bond donors (Lipinski definition) is 1. The molecular formula is C21H26N2O. The molecule has 2 aromatic carbocycles. The van der Waals surface area contributed by atoms with E-state index in [0.29, 0.717) is 13.1 Å². The van der Waals surface area contributed by atoms with Crippen LogP contribution in [0, 0.1) is 6.92 Å². The van der Waals surface area contributed by atoms with E-state index in [2.05, 4.69) is 48.6 Å². The maximum absolute atomic E-state index is 12.6. The summed E-state index contributed by atoms with van der Waals surface area (Å²) in [6, 6.07) is 18.9. The highest BCUT2D eigenvalue weighted by molar-refractivity contribution is 5.74. The Kier molecular flexibility index (Phi) is 4.89. The average Bonchev–Trinajstić information content (AvgIpc) is 3.40. The topological polar surface area (TPSA) is 32.3 Å². The van der Waals surface area contributed by atoms with E-state index in [-0.39, 0.29) is 11.4 Å². The Labute approximate surface area is 144 Å². The summed E-state index contributed by atoms with van der Waals surface area (Å²) in [7, 11) is 0. The molecule has 24 heavy (non-hydrogen) atoms. The molecule has 1 N–H and O–H groups in total. The first-order valence-electron chi connectivity index (χ1n) is 8.77. The Morgan fingerprint density at radius 3 is 2.33 bits per heavy atom. The van der Waals surface area contributed by atoms with Crippen molar-refractivity contribution in [2.45, 2.75) is 38.6 Å². The molecule has 0 aliphatic heterocycles. The number of carbonyl (C=O) groups is 1. The van der Waals surface area contributed by atoms with Crippen molar-refractivity contribution in [2.75, 3.05) is 13.1 Å². The summed E-state index contributed by atoms with van der Waals surface area (Å²) in [5.41, 5.74) is 3.93. The average molecular weight is 322 g/mol. The molecule has 126 valence electrons. The second kappa shape index (κ2) is 7.08. The summed E-state index contributed by atoms with van der Waals surface area (Å²) < 4.78 is 0. The summed E-state index contributed by atoms with van der Waals surface area (Å²) in [5, 5.41) is 3.16. The minimum absolute atomic E-state index is 0.0275. The lowest BCUT2D eigenvalue weighted by atomic mass is 9.95. The van der Waals surface area contributed by atoms with Crippen LogP contribution in [0.3, 0.4) is 0 Å². The number of rotatable bonds is 6. The van der Waals surface area contributed by atoms with Crippen molar-refractivity contribution < 1.29 is 4.79 Å². The van der Waals surface area contributed by atoms with Crippen molar-refractivity contribution in [1.82, 2.24) is 10.2 Å². The highest BCUT2D eigenvalue weighted by Crippen LogP contribution is 2.47. The summed E-state index contributed by atoms with van der Waals surface area (Å²) in [4.78, 5) is 14.4. The molecule has 1 aliphatic carbocycles. The van der Waals surface area contributed by atoms with Crippen LogP contribution >= 0.6 is 0 Å². The summed E-state index contributed by atoms with van der Waals surface area (Å²) >= 11 is 0. The van der Waals surface area contributed by atoms with Crippen LogP contribution in [0.25, 0.3) is 0 Å². The highest BCUT2D eigenvalue weighted by atomic mass is 16.2. The molecule has 2 amide bonds. The molecule has 0 atom stereocenters. The third-order valence-corrected chi connectivity index (χ3v) is 4.98. The normalized spacial score (nSPS) is 14.9. The third kappa shape index (κ3) is 3.78. The number of benzene rings is 2. The molecule has 0 radical (unpaired) electrons. The second-order valence-corrected chi connectivity index (χ2v) is 6.80. The number of nitrogens with one attached hydrogen (secondary N) is 1. The number of aryl methyl sites for hydroxylation is 1. The molecular weight excluding hydrogens is 296 g/mol.